The summed E-state index contributed by atoms with van der Waals surface area (Å²) in [5, 5.41) is 11.8. The highest BCUT2D eigenvalue weighted by atomic mass is 19.1. The zero-order valence-electron chi connectivity index (χ0n) is 10.6. The van der Waals surface area contributed by atoms with Crippen LogP contribution >= 0.6 is 0 Å². The first-order valence-corrected chi connectivity index (χ1v) is 6.59. The minimum atomic E-state index is -0.331. The second kappa shape index (κ2) is 4.95. The minimum absolute atomic E-state index is 0.293. The molecule has 0 spiro atoms. The van der Waals surface area contributed by atoms with Gasteiger partial charge in [-0.3, -0.25) is 0 Å². The Labute approximate surface area is 110 Å². The number of nitrogen functional groups attached to an aromatic ring is 1. The molecule has 0 unspecified atom stereocenters. The summed E-state index contributed by atoms with van der Waals surface area (Å²) in [6, 6.07) is 4.57. The number of nitrogens with zero attached hydrogens (tertiary/aromatic N) is 4. The van der Waals surface area contributed by atoms with Crippen LogP contribution in [-0.4, -0.2) is 20.2 Å². The van der Waals surface area contributed by atoms with Crippen LogP contribution in [0, 0.1) is 5.82 Å². The van der Waals surface area contributed by atoms with E-state index in [1.165, 1.54) is 31.4 Å². The first-order valence-electron chi connectivity index (χ1n) is 6.59. The number of nitrogens with two attached hydrogens (primary N) is 1. The standard InChI is InChI=1S/C13H16FN5/c14-9-6-7-12(15)11(8-9)13-16-17-18-19(13)10-4-2-1-3-5-10/h6-8,10H,1-5,15H2. The summed E-state index contributed by atoms with van der Waals surface area (Å²) in [6.45, 7) is 0. The molecule has 3 rings (SSSR count). The molecule has 2 N–H and O–H groups in total. The van der Waals surface area contributed by atoms with Crippen molar-refractivity contribution in [2.45, 2.75) is 38.1 Å². The third-order valence-corrected chi connectivity index (χ3v) is 3.67. The van der Waals surface area contributed by atoms with Crippen LogP contribution in [0.5, 0.6) is 0 Å². The Morgan fingerprint density at radius 1 is 1.21 bits per heavy atom. The van der Waals surface area contributed by atoms with Crippen LogP contribution in [0.25, 0.3) is 11.4 Å². The molecule has 1 aliphatic carbocycles. The number of aromatic nitrogens is 4. The van der Waals surface area contributed by atoms with Crippen molar-refractivity contribution in [1.82, 2.24) is 20.2 Å². The van der Waals surface area contributed by atoms with E-state index in [0.29, 0.717) is 23.1 Å². The molecule has 19 heavy (non-hydrogen) atoms. The zero-order valence-corrected chi connectivity index (χ0v) is 10.6. The topological polar surface area (TPSA) is 69.6 Å². The second-order valence-electron chi connectivity index (χ2n) is 4.97. The average molecular weight is 261 g/mol. The summed E-state index contributed by atoms with van der Waals surface area (Å²) in [5.74, 6) is 0.228. The van der Waals surface area contributed by atoms with Gasteiger partial charge in [0.25, 0.3) is 0 Å². The van der Waals surface area contributed by atoms with Crippen molar-refractivity contribution in [2.24, 2.45) is 0 Å². The molecule has 1 heterocycles. The largest absolute Gasteiger partial charge is 0.398 e. The van der Waals surface area contributed by atoms with Gasteiger partial charge < -0.3 is 5.73 Å². The third kappa shape index (κ3) is 2.30. The van der Waals surface area contributed by atoms with Crippen molar-refractivity contribution >= 4 is 5.69 Å². The molecule has 0 radical (unpaired) electrons. The molecule has 1 aliphatic rings. The second-order valence-corrected chi connectivity index (χ2v) is 4.97. The minimum Gasteiger partial charge on any atom is -0.398 e. The van der Waals surface area contributed by atoms with Crippen molar-refractivity contribution in [3.8, 4) is 11.4 Å². The molecule has 0 bridgehead atoms. The van der Waals surface area contributed by atoms with Crippen molar-refractivity contribution in [1.29, 1.82) is 0 Å². The lowest BCUT2D eigenvalue weighted by atomic mass is 9.95. The highest BCUT2D eigenvalue weighted by molar-refractivity contribution is 5.71. The van der Waals surface area contributed by atoms with Gasteiger partial charge >= 0.3 is 0 Å². The third-order valence-electron chi connectivity index (χ3n) is 3.67. The molecule has 0 amide bonds. The number of halogens is 1. The van der Waals surface area contributed by atoms with E-state index in [-0.39, 0.29) is 5.82 Å². The number of hydrogen-bond donors (Lipinski definition) is 1. The molecule has 6 heteroatoms. The summed E-state index contributed by atoms with van der Waals surface area (Å²) in [4.78, 5) is 0. The normalized spacial score (nSPS) is 16.7. The molecule has 100 valence electrons. The first kappa shape index (κ1) is 12.1. The smallest absolute Gasteiger partial charge is 0.184 e. The molecule has 0 aliphatic heterocycles. The number of anilines is 1. The van der Waals surface area contributed by atoms with Gasteiger partial charge in [-0.1, -0.05) is 19.3 Å². The maximum absolute atomic E-state index is 13.4. The Kier molecular flexibility index (Phi) is 3.15. The molecular weight excluding hydrogens is 245 g/mol. The summed E-state index contributed by atoms with van der Waals surface area (Å²) in [7, 11) is 0. The Bertz CT molecular complexity index is 574. The number of tetrazole rings is 1. The van der Waals surface area contributed by atoms with E-state index in [2.05, 4.69) is 15.5 Å². The van der Waals surface area contributed by atoms with E-state index in [0.717, 1.165) is 12.8 Å². The van der Waals surface area contributed by atoms with Gasteiger partial charge in [0.05, 0.1) is 6.04 Å². The maximum atomic E-state index is 13.4. The summed E-state index contributed by atoms with van der Waals surface area (Å²) in [6.07, 6.45) is 5.75. The van der Waals surface area contributed by atoms with Gasteiger partial charge in [-0.15, -0.1) is 5.10 Å². The molecule has 1 aromatic heterocycles. The molecule has 2 aromatic rings. The quantitative estimate of drug-likeness (QED) is 0.843. The van der Waals surface area contributed by atoms with Crippen LogP contribution in [0.2, 0.25) is 0 Å². The number of hydrogen-bond acceptors (Lipinski definition) is 4. The zero-order chi connectivity index (χ0) is 13.2. The van der Waals surface area contributed by atoms with Gasteiger partial charge in [-0.05, 0) is 41.5 Å². The monoisotopic (exact) mass is 261 g/mol. The van der Waals surface area contributed by atoms with Crippen LogP contribution < -0.4 is 5.73 Å². The highest BCUT2D eigenvalue weighted by Gasteiger charge is 2.22. The number of benzene rings is 1. The van der Waals surface area contributed by atoms with Crippen LogP contribution in [0.4, 0.5) is 10.1 Å². The van der Waals surface area contributed by atoms with E-state index in [4.69, 9.17) is 5.73 Å². The van der Waals surface area contributed by atoms with Gasteiger partial charge in [0.1, 0.15) is 5.82 Å². The molecule has 0 saturated heterocycles. The van der Waals surface area contributed by atoms with Crippen molar-refractivity contribution in [3.63, 3.8) is 0 Å². The Hall–Kier alpha value is -1.98. The fraction of sp³-hybridized carbons (Fsp3) is 0.462. The summed E-state index contributed by atoms with van der Waals surface area (Å²) >= 11 is 0. The van der Waals surface area contributed by atoms with E-state index in [1.54, 1.807) is 10.7 Å². The van der Waals surface area contributed by atoms with Gasteiger partial charge in [0.15, 0.2) is 5.82 Å². The molecular formula is C13H16FN5. The number of rotatable bonds is 2. The van der Waals surface area contributed by atoms with Crippen LogP contribution in [0.3, 0.4) is 0 Å². The van der Waals surface area contributed by atoms with E-state index >= 15 is 0 Å². The summed E-state index contributed by atoms with van der Waals surface area (Å²) < 4.78 is 15.2. The lowest BCUT2D eigenvalue weighted by Crippen LogP contribution is -2.15. The van der Waals surface area contributed by atoms with Crippen molar-refractivity contribution in [3.05, 3.63) is 24.0 Å². The maximum Gasteiger partial charge on any atom is 0.184 e. The Morgan fingerprint density at radius 3 is 2.79 bits per heavy atom. The van der Waals surface area contributed by atoms with Crippen molar-refractivity contribution < 1.29 is 4.39 Å². The molecule has 1 fully saturated rings. The molecule has 5 nitrogen and oxygen atoms in total. The molecule has 1 saturated carbocycles. The van der Waals surface area contributed by atoms with Crippen LogP contribution in [0.1, 0.15) is 38.1 Å². The lowest BCUT2D eigenvalue weighted by molar-refractivity contribution is 0.327. The fourth-order valence-corrected chi connectivity index (χ4v) is 2.66. The Morgan fingerprint density at radius 2 is 2.00 bits per heavy atom. The van der Waals surface area contributed by atoms with Gasteiger partial charge in [-0.25, -0.2) is 9.07 Å². The predicted molar refractivity (Wildman–Crippen MR) is 69.7 cm³/mol. The molecule has 1 aromatic carbocycles. The van der Waals surface area contributed by atoms with Gasteiger partial charge in [0, 0.05) is 11.3 Å². The van der Waals surface area contributed by atoms with E-state index in [1.807, 2.05) is 0 Å². The summed E-state index contributed by atoms with van der Waals surface area (Å²) in [5.41, 5.74) is 6.96. The SMILES string of the molecule is Nc1ccc(F)cc1-c1nnnn1C1CCCCC1. The van der Waals surface area contributed by atoms with E-state index in [9.17, 15) is 4.39 Å². The van der Waals surface area contributed by atoms with Gasteiger partial charge in [-0.2, -0.15) is 0 Å². The van der Waals surface area contributed by atoms with Gasteiger partial charge in [0.2, 0.25) is 0 Å². The van der Waals surface area contributed by atoms with Crippen LogP contribution in [0.15, 0.2) is 18.2 Å². The van der Waals surface area contributed by atoms with Crippen molar-refractivity contribution in [2.75, 3.05) is 5.73 Å². The Balaban J connectivity index is 2.01. The predicted octanol–water partition coefficient (Wildman–Crippen LogP) is 2.57. The van der Waals surface area contributed by atoms with E-state index < -0.39 is 0 Å². The highest BCUT2D eigenvalue weighted by Crippen LogP contribution is 2.32. The first-order chi connectivity index (χ1) is 9.25. The molecule has 0 atom stereocenters. The average Bonchev–Trinajstić information content (AvgIpc) is 2.91. The fourth-order valence-electron chi connectivity index (χ4n) is 2.66. The lowest BCUT2D eigenvalue weighted by Gasteiger charge is -2.22. The van der Waals surface area contributed by atoms with Crippen LogP contribution in [-0.2, 0) is 0 Å².